The van der Waals surface area contributed by atoms with E-state index in [1.54, 1.807) is 0 Å². The Labute approximate surface area is 111 Å². The number of nitrogens with zero attached hydrogens (tertiary/aromatic N) is 1. The Kier molecular flexibility index (Phi) is 3.86. The molecule has 0 atom stereocenters. The van der Waals surface area contributed by atoms with Crippen molar-refractivity contribution in [3.63, 3.8) is 0 Å². The summed E-state index contributed by atoms with van der Waals surface area (Å²) >= 11 is 0. The fraction of sp³-hybridized carbons (Fsp3) is 0.929. The zero-order chi connectivity index (χ0) is 14.4. The predicted molar refractivity (Wildman–Crippen MR) is 72.4 cm³/mol. The van der Waals surface area contributed by atoms with E-state index in [0.29, 0.717) is 0 Å². The number of hydroxylamine groups is 2. The molecule has 0 radical (unpaired) electrons. The van der Waals surface area contributed by atoms with Crippen LogP contribution >= 0.6 is 0 Å². The van der Waals surface area contributed by atoms with Crippen molar-refractivity contribution in [1.82, 2.24) is 10.4 Å². The lowest BCUT2D eigenvalue weighted by Crippen LogP contribution is -2.63. The fourth-order valence-corrected chi connectivity index (χ4v) is 2.77. The molecule has 0 aromatic heterocycles. The second kappa shape index (κ2) is 4.49. The number of nitrogens with one attached hydrogen (secondary N) is 1. The van der Waals surface area contributed by atoms with Gasteiger partial charge in [-0.05, 0) is 40.5 Å². The van der Waals surface area contributed by atoms with Gasteiger partial charge in [0.2, 0.25) is 5.91 Å². The second-order valence-electron chi connectivity index (χ2n) is 7.77. The molecule has 4 heteroatoms. The first-order valence-electron chi connectivity index (χ1n) is 6.66. The Morgan fingerprint density at radius 3 is 1.89 bits per heavy atom. The molecule has 18 heavy (non-hydrogen) atoms. The van der Waals surface area contributed by atoms with Crippen LogP contribution in [0.1, 0.15) is 61.3 Å². The third-order valence-corrected chi connectivity index (χ3v) is 3.66. The smallest absolute Gasteiger partial charge is 0.225 e. The number of hydrogen-bond acceptors (Lipinski definition) is 3. The summed E-state index contributed by atoms with van der Waals surface area (Å²) in [5.74, 6) is 0.0745. The molecule has 1 fully saturated rings. The summed E-state index contributed by atoms with van der Waals surface area (Å²) in [5, 5.41) is 14.7. The normalized spacial score (nSPS) is 24.9. The largest absolute Gasteiger partial charge is 0.353 e. The number of amides is 1. The van der Waals surface area contributed by atoms with Crippen molar-refractivity contribution >= 4 is 5.91 Å². The summed E-state index contributed by atoms with van der Waals surface area (Å²) < 4.78 is 0. The van der Waals surface area contributed by atoms with Crippen LogP contribution in [0.3, 0.4) is 0 Å². The van der Waals surface area contributed by atoms with Crippen molar-refractivity contribution in [3.05, 3.63) is 0 Å². The van der Waals surface area contributed by atoms with E-state index in [1.165, 1.54) is 5.06 Å². The average Bonchev–Trinajstić information content (AvgIpc) is 2.11. The summed E-state index contributed by atoms with van der Waals surface area (Å²) in [6.45, 7) is 13.8. The first-order chi connectivity index (χ1) is 7.86. The highest BCUT2D eigenvalue weighted by molar-refractivity contribution is 5.81. The summed E-state index contributed by atoms with van der Waals surface area (Å²) in [6.07, 6.45) is 1.52. The van der Waals surface area contributed by atoms with Gasteiger partial charge in [0.25, 0.3) is 0 Å². The minimum Gasteiger partial charge on any atom is -0.353 e. The highest BCUT2D eigenvalue weighted by Gasteiger charge is 2.45. The molecule has 4 nitrogen and oxygen atoms in total. The van der Waals surface area contributed by atoms with Gasteiger partial charge in [0.1, 0.15) is 0 Å². The first-order valence-corrected chi connectivity index (χ1v) is 6.66. The highest BCUT2D eigenvalue weighted by atomic mass is 16.5. The molecule has 1 aliphatic heterocycles. The van der Waals surface area contributed by atoms with Crippen molar-refractivity contribution < 1.29 is 10.0 Å². The summed E-state index contributed by atoms with van der Waals surface area (Å²) in [6, 6.07) is 0.116. The Bertz CT molecular complexity index is 311. The van der Waals surface area contributed by atoms with Gasteiger partial charge in [0.05, 0.1) is 0 Å². The zero-order valence-corrected chi connectivity index (χ0v) is 12.8. The summed E-state index contributed by atoms with van der Waals surface area (Å²) in [7, 11) is 0. The number of hydrogen-bond donors (Lipinski definition) is 2. The van der Waals surface area contributed by atoms with Crippen molar-refractivity contribution in [2.24, 2.45) is 5.41 Å². The maximum absolute atomic E-state index is 12.0. The molecule has 0 aromatic rings. The zero-order valence-electron chi connectivity index (χ0n) is 12.8. The lowest BCUT2D eigenvalue weighted by atomic mass is 9.78. The van der Waals surface area contributed by atoms with Crippen LogP contribution in [-0.4, -0.2) is 33.3 Å². The maximum Gasteiger partial charge on any atom is 0.225 e. The Hall–Kier alpha value is -0.610. The van der Waals surface area contributed by atoms with Gasteiger partial charge >= 0.3 is 0 Å². The van der Waals surface area contributed by atoms with E-state index in [4.69, 9.17) is 0 Å². The molecule has 2 N–H and O–H groups in total. The molecule has 0 aromatic carbocycles. The second-order valence-corrected chi connectivity index (χ2v) is 7.77. The lowest BCUT2D eigenvalue weighted by Gasteiger charge is -2.51. The molecule has 0 saturated carbocycles. The van der Waals surface area contributed by atoms with E-state index in [1.807, 2.05) is 48.5 Å². The summed E-state index contributed by atoms with van der Waals surface area (Å²) in [4.78, 5) is 12.0. The standard InChI is InChI=1S/C14H28N2O2/c1-12(2,3)11(17)15-10-8-13(4,5)16(18)14(6,7)9-10/h10,18H,8-9H2,1-7H3,(H,15,17). The van der Waals surface area contributed by atoms with Gasteiger partial charge in [0, 0.05) is 22.5 Å². The van der Waals surface area contributed by atoms with Gasteiger partial charge in [-0.25, -0.2) is 0 Å². The Morgan fingerprint density at radius 1 is 1.17 bits per heavy atom. The summed E-state index contributed by atoms with van der Waals surface area (Å²) in [5.41, 5.74) is -1.01. The van der Waals surface area contributed by atoms with Crippen molar-refractivity contribution in [2.45, 2.75) is 78.4 Å². The van der Waals surface area contributed by atoms with E-state index in [9.17, 15) is 10.0 Å². The van der Waals surface area contributed by atoms with Gasteiger partial charge in [-0.3, -0.25) is 4.79 Å². The molecule has 1 rings (SSSR count). The maximum atomic E-state index is 12.0. The first kappa shape index (κ1) is 15.4. The molecule has 0 bridgehead atoms. The van der Waals surface area contributed by atoms with Gasteiger partial charge < -0.3 is 10.5 Å². The molecular weight excluding hydrogens is 228 g/mol. The number of rotatable bonds is 1. The lowest BCUT2D eigenvalue weighted by molar-refractivity contribution is -0.246. The van der Waals surface area contributed by atoms with Crippen molar-refractivity contribution in [2.75, 3.05) is 0 Å². The highest BCUT2D eigenvalue weighted by Crippen LogP contribution is 2.36. The topological polar surface area (TPSA) is 52.6 Å². The number of carbonyl (C=O) groups is 1. The van der Waals surface area contributed by atoms with Crippen molar-refractivity contribution in [1.29, 1.82) is 0 Å². The van der Waals surface area contributed by atoms with Crippen LogP contribution in [0.2, 0.25) is 0 Å². The molecule has 106 valence electrons. The Balaban J connectivity index is 2.79. The van der Waals surface area contributed by atoms with Crippen LogP contribution in [0, 0.1) is 5.41 Å². The number of carbonyl (C=O) groups excluding carboxylic acids is 1. The molecular formula is C14H28N2O2. The van der Waals surface area contributed by atoms with Crippen molar-refractivity contribution in [3.8, 4) is 0 Å². The van der Waals surface area contributed by atoms with E-state index in [-0.39, 0.29) is 28.4 Å². The molecule has 0 aliphatic carbocycles. The SMILES string of the molecule is CC(C)(C)C(=O)NC1CC(C)(C)N(O)C(C)(C)C1. The van der Waals surface area contributed by atoms with Crippen LogP contribution in [0.15, 0.2) is 0 Å². The molecule has 0 unspecified atom stereocenters. The van der Waals surface area contributed by atoms with E-state index < -0.39 is 0 Å². The predicted octanol–water partition coefficient (Wildman–Crippen LogP) is 2.56. The fourth-order valence-electron chi connectivity index (χ4n) is 2.77. The molecule has 1 saturated heterocycles. The van der Waals surface area contributed by atoms with Crippen LogP contribution in [0.4, 0.5) is 0 Å². The monoisotopic (exact) mass is 256 g/mol. The third-order valence-electron chi connectivity index (χ3n) is 3.66. The van der Waals surface area contributed by atoms with Crippen LogP contribution in [0.25, 0.3) is 0 Å². The number of piperidine rings is 1. The third kappa shape index (κ3) is 3.23. The molecule has 1 amide bonds. The van der Waals surface area contributed by atoms with Gasteiger partial charge in [-0.15, -0.1) is 0 Å². The van der Waals surface area contributed by atoms with Gasteiger partial charge in [0.15, 0.2) is 0 Å². The average molecular weight is 256 g/mol. The molecule has 1 heterocycles. The van der Waals surface area contributed by atoms with Gasteiger partial charge in [-0.2, -0.15) is 5.06 Å². The van der Waals surface area contributed by atoms with Crippen LogP contribution < -0.4 is 5.32 Å². The van der Waals surface area contributed by atoms with Gasteiger partial charge in [-0.1, -0.05) is 20.8 Å². The molecule has 1 aliphatic rings. The minimum absolute atomic E-state index is 0.0745. The van der Waals surface area contributed by atoms with E-state index in [0.717, 1.165) is 12.8 Å². The van der Waals surface area contributed by atoms with E-state index in [2.05, 4.69) is 5.32 Å². The van der Waals surface area contributed by atoms with E-state index >= 15 is 0 Å². The van der Waals surface area contributed by atoms with Crippen LogP contribution in [-0.2, 0) is 4.79 Å². The quantitative estimate of drug-likeness (QED) is 0.758. The molecule has 0 spiro atoms. The Morgan fingerprint density at radius 2 is 1.56 bits per heavy atom. The minimum atomic E-state index is -0.370. The van der Waals surface area contributed by atoms with Crippen LogP contribution in [0.5, 0.6) is 0 Å².